The van der Waals surface area contributed by atoms with Crippen LogP contribution in [0.5, 0.6) is 0 Å². The predicted octanol–water partition coefficient (Wildman–Crippen LogP) is 14.3. The van der Waals surface area contributed by atoms with Crippen LogP contribution in [0.25, 0.3) is 0 Å². The number of esters is 1. The van der Waals surface area contributed by atoms with Crippen LogP contribution < -0.4 is 5.32 Å². The lowest BCUT2D eigenvalue weighted by Gasteiger charge is -2.24. The summed E-state index contributed by atoms with van der Waals surface area (Å²) in [4.78, 5) is 26.0. The molecule has 3 atom stereocenters. The monoisotopic (exact) mass is 800 g/mol. The summed E-state index contributed by atoms with van der Waals surface area (Å²) in [5, 5.41) is 23.7. The zero-order valence-corrected chi connectivity index (χ0v) is 37.7. The van der Waals surface area contributed by atoms with Crippen LogP contribution in [0.15, 0.2) is 48.6 Å². The quantitative estimate of drug-likeness (QED) is 0.0324. The van der Waals surface area contributed by atoms with Crippen LogP contribution in [0.4, 0.5) is 0 Å². The van der Waals surface area contributed by atoms with Gasteiger partial charge < -0.3 is 20.3 Å². The molecule has 0 saturated carbocycles. The zero-order valence-electron chi connectivity index (χ0n) is 37.7. The molecule has 0 saturated heterocycles. The molecule has 0 aromatic rings. The minimum absolute atomic E-state index is 0.0573. The SMILES string of the molecule is CCCC/C=C\CCCCCC(CC(=O)NC(CO)C(O)CCCCCCCCCCCCCC)OC(=O)CCCCCC/C=C\C/C=C\C/C=C\CCCCC. The number of carbonyl (C=O) groups is 2. The fourth-order valence-electron chi connectivity index (χ4n) is 7.12. The molecule has 0 heterocycles. The highest BCUT2D eigenvalue weighted by Gasteiger charge is 2.24. The molecule has 0 aliphatic rings. The number of hydrogen-bond acceptors (Lipinski definition) is 5. The molecule has 0 bridgehead atoms. The fraction of sp³-hybridized carbons (Fsp3) is 0.804. The molecule has 0 fully saturated rings. The predicted molar refractivity (Wildman–Crippen MR) is 245 cm³/mol. The molecule has 1 amide bonds. The maximum absolute atomic E-state index is 13.1. The normalized spacial score (nSPS) is 13.7. The summed E-state index contributed by atoms with van der Waals surface area (Å²) in [6.07, 6.45) is 53.1. The van der Waals surface area contributed by atoms with E-state index in [4.69, 9.17) is 4.74 Å². The maximum Gasteiger partial charge on any atom is 0.306 e. The number of ether oxygens (including phenoxy) is 1. The van der Waals surface area contributed by atoms with Gasteiger partial charge in [0.2, 0.25) is 5.91 Å². The van der Waals surface area contributed by atoms with Gasteiger partial charge in [-0.15, -0.1) is 0 Å². The van der Waals surface area contributed by atoms with Crippen molar-refractivity contribution in [2.45, 2.75) is 257 Å². The highest BCUT2D eigenvalue weighted by molar-refractivity contribution is 5.77. The Morgan fingerprint density at radius 1 is 0.509 bits per heavy atom. The van der Waals surface area contributed by atoms with E-state index in [9.17, 15) is 19.8 Å². The smallest absolute Gasteiger partial charge is 0.306 e. The Kier molecular flexibility index (Phi) is 43.2. The molecule has 6 nitrogen and oxygen atoms in total. The van der Waals surface area contributed by atoms with E-state index in [1.807, 2.05) is 0 Å². The molecule has 3 unspecified atom stereocenters. The lowest BCUT2D eigenvalue weighted by Crippen LogP contribution is -2.46. The standard InChI is InChI=1S/C51H93NO5/c1-4-7-10-13-16-19-21-23-24-25-26-27-29-32-35-38-41-44-51(56)57-47(42-39-36-33-30-18-15-12-9-6-3)45-50(55)52-48(46-53)49(54)43-40-37-34-31-28-22-20-17-14-11-8-5-2/h15-16,18-19,23-24,26-27,47-49,53-54H,4-14,17,20-22,25,28-46H2,1-3H3,(H,52,55)/b18-15-,19-16-,24-23-,27-26-. The lowest BCUT2D eigenvalue weighted by molar-refractivity contribution is -0.151. The number of carbonyl (C=O) groups excluding carboxylic acids is 2. The van der Waals surface area contributed by atoms with Crippen molar-refractivity contribution in [3.05, 3.63) is 48.6 Å². The second kappa shape index (κ2) is 44.9. The van der Waals surface area contributed by atoms with Crippen molar-refractivity contribution in [2.24, 2.45) is 0 Å². The van der Waals surface area contributed by atoms with Crippen molar-refractivity contribution in [1.82, 2.24) is 5.32 Å². The summed E-state index contributed by atoms with van der Waals surface area (Å²) in [6.45, 7) is 6.39. The average molecular weight is 800 g/mol. The Morgan fingerprint density at radius 3 is 1.47 bits per heavy atom. The molecule has 57 heavy (non-hydrogen) atoms. The van der Waals surface area contributed by atoms with E-state index in [1.54, 1.807) is 0 Å². The van der Waals surface area contributed by atoms with E-state index in [0.717, 1.165) is 96.3 Å². The summed E-state index contributed by atoms with van der Waals surface area (Å²) in [6, 6.07) is -0.709. The van der Waals surface area contributed by atoms with Crippen LogP contribution in [-0.4, -0.2) is 46.9 Å². The molecule has 3 N–H and O–H groups in total. The first kappa shape index (κ1) is 54.8. The molecule has 6 heteroatoms. The molecule has 0 spiro atoms. The van der Waals surface area contributed by atoms with Gasteiger partial charge in [-0.2, -0.15) is 0 Å². The van der Waals surface area contributed by atoms with Crippen molar-refractivity contribution < 1.29 is 24.5 Å². The van der Waals surface area contributed by atoms with E-state index >= 15 is 0 Å². The second-order valence-electron chi connectivity index (χ2n) is 16.5. The van der Waals surface area contributed by atoms with Gasteiger partial charge in [0.05, 0.1) is 25.2 Å². The Morgan fingerprint density at radius 2 is 0.912 bits per heavy atom. The summed E-state index contributed by atoms with van der Waals surface area (Å²) in [5.74, 6) is -0.516. The Hall–Kier alpha value is -2.18. The summed E-state index contributed by atoms with van der Waals surface area (Å²) in [7, 11) is 0. The van der Waals surface area contributed by atoms with Gasteiger partial charge in [-0.3, -0.25) is 9.59 Å². The number of nitrogens with one attached hydrogen (secondary N) is 1. The summed E-state index contributed by atoms with van der Waals surface area (Å²) >= 11 is 0. The van der Waals surface area contributed by atoms with Crippen LogP contribution in [-0.2, 0) is 14.3 Å². The van der Waals surface area contributed by atoms with Crippen LogP contribution in [0.3, 0.4) is 0 Å². The van der Waals surface area contributed by atoms with Crippen molar-refractivity contribution >= 4 is 11.9 Å². The lowest BCUT2D eigenvalue weighted by atomic mass is 10.0. The van der Waals surface area contributed by atoms with Gasteiger partial charge in [-0.25, -0.2) is 0 Å². The maximum atomic E-state index is 13.1. The Bertz CT molecular complexity index is 988. The largest absolute Gasteiger partial charge is 0.462 e. The molecule has 332 valence electrons. The number of unbranched alkanes of at least 4 members (excludes halogenated alkanes) is 23. The van der Waals surface area contributed by atoms with E-state index in [2.05, 4.69) is 74.7 Å². The average Bonchev–Trinajstić information content (AvgIpc) is 3.20. The molecular formula is C51H93NO5. The minimum Gasteiger partial charge on any atom is -0.462 e. The van der Waals surface area contributed by atoms with Crippen LogP contribution in [0.2, 0.25) is 0 Å². The molecule has 0 aromatic carbocycles. The van der Waals surface area contributed by atoms with Gasteiger partial charge in [0.15, 0.2) is 0 Å². The van der Waals surface area contributed by atoms with E-state index in [1.165, 1.54) is 96.3 Å². The van der Waals surface area contributed by atoms with Gasteiger partial charge in [0.25, 0.3) is 0 Å². The number of aliphatic hydroxyl groups is 2. The van der Waals surface area contributed by atoms with Crippen LogP contribution in [0.1, 0.15) is 239 Å². The number of aliphatic hydroxyl groups excluding tert-OH is 2. The number of rotatable bonds is 43. The summed E-state index contributed by atoms with van der Waals surface area (Å²) in [5.41, 5.74) is 0. The molecule has 0 rings (SSSR count). The van der Waals surface area contributed by atoms with Gasteiger partial charge >= 0.3 is 5.97 Å². The Balaban J connectivity index is 4.54. The molecule has 0 aliphatic heterocycles. The van der Waals surface area contributed by atoms with Gasteiger partial charge in [-0.1, -0.05) is 191 Å². The molecule has 0 aliphatic carbocycles. The van der Waals surface area contributed by atoms with Gasteiger partial charge in [0, 0.05) is 6.42 Å². The summed E-state index contributed by atoms with van der Waals surface area (Å²) < 4.78 is 5.89. The number of amides is 1. The van der Waals surface area contributed by atoms with Crippen molar-refractivity contribution in [3.8, 4) is 0 Å². The molecule has 0 radical (unpaired) electrons. The first-order valence-electron chi connectivity index (χ1n) is 24.4. The zero-order chi connectivity index (χ0) is 41.7. The first-order chi connectivity index (χ1) is 28.0. The highest BCUT2D eigenvalue weighted by atomic mass is 16.5. The van der Waals surface area contributed by atoms with E-state index in [-0.39, 0.29) is 24.9 Å². The number of allylic oxidation sites excluding steroid dienone is 8. The van der Waals surface area contributed by atoms with Crippen LogP contribution in [0, 0.1) is 0 Å². The van der Waals surface area contributed by atoms with Crippen molar-refractivity contribution in [3.63, 3.8) is 0 Å². The second-order valence-corrected chi connectivity index (χ2v) is 16.5. The van der Waals surface area contributed by atoms with Crippen molar-refractivity contribution in [1.29, 1.82) is 0 Å². The van der Waals surface area contributed by atoms with E-state index in [0.29, 0.717) is 19.3 Å². The topological polar surface area (TPSA) is 95.9 Å². The van der Waals surface area contributed by atoms with E-state index < -0.39 is 18.2 Å². The van der Waals surface area contributed by atoms with Crippen LogP contribution >= 0.6 is 0 Å². The van der Waals surface area contributed by atoms with Gasteiger partial charge in [-0.05, 0) is 83.5 Å². The minimum atomic E-state index is -0.793. The highest BCUT2D eigenvalue weighted by Crippen LogP contribution is 2.17. The Labute approximate surface area is 353 Å². The third-order valence-electron chi connectivity index (χ3n) is 10.9. The van der Waals surface area contributed by atoms with Crippen molar-refractivity contribution in [2.75, 3.05) is 6.61 Å². The first-order valence-corrected chi connectivity index (χ1v) is 24.4. The molecular weight excluding hydrogens is 707 g/mol. The fourth-order valence-corrected chi connectivity index (χ4v) is 7.12. The number of hydrogen-bond donors (Lipinski definition) is 3. The molecule has 0 aromatic heterocycles. The van der Waals surface area contributed by atoms with Gasteiger partial charge in [0.1, 0.15) is 6.10 Å². The third kappa shape index (κ3) is 40.4. The third-order valence-corrected chi connectivity index (χ3v) is 10.9.